The van der Waals surface area contributed by atoms with Gasteiger partial charge in [-0.3, -0.25) is 9.59 Å². The highest BCUT2D eigenvalue weighted by Crippen LogP contribution is 2.22. The first-order chi connectivity index (χ1) is 18.7. The van der Waals surface area contributed by atoms with E-state index in [2.05, 4.69) is 15.0 Å². The summed E-state index contributed by atoms with van der Waals surface area (Å²) in [5.74, 6) is -1.36. The van der Waals surface area contributed by atoms with Crippen LogP contribution in [0.1, 0.15) is 21.0 Å². The number of aromatic nitrogens is 3. The van der Waals surface area contributed by atoms with Crippen LogP contribution in [0, 0.1) is 0 Å². The number of carbonyl (C=O) groups is 2. The van der Waals surface area contributed by atoms with Gasteiger partial charge in [0, 0.05) is 26.6 Å². The number of carbonyl (C=O) groups excluding carboxylic acids is 2. The number of thiazole rings is 2. The summed E-state index contributed by atoms with van der Waals surface area (Å²) in [6, 6.07) is 13.7. The molecule has 0 radical (unpaired) electrons. The number of hydrogen-bond acceptors (Lipinski definition) is 9. The van der Waals surface area contributed by atoms with Crippen LogP contribution in [-0.4, -0.2) is 55.3 Å². The molecule has 0 saturated carbocycles. The number of rotatable bonds is 4. The van der Waals surface area contributed by atoms with Crippen molar-refractivity contribution in [2.75, 3.05) is 12.5 Å². The van der Waals surface area contributed by atoms with Crippen LogP contribution in [0.25, 0.3) is 20.4 Å². The molecule has 0 saturated heterocycles. The molecule has 2 amide bonds. The zero-order valence-electron chi connectivity index (χ0n) is 21.5. The van der Waals surface area contributed by atoms with Gasteiger partial charge in [0.2, 0.25) is 0 Å². The number of nitrogens with zero attached hydrogens (tertiary/aromatic N) is 5. The Balaban J connectivity index is 1.49. The van der Waals surface area contributed by atoms with E-state index in [9.17, 15) is 26.4 Å². The third kappa shape index (κ3) is 5.32. The van der Waals surface area contributed by atoms with Crippen molar-refractivity contribution in [1.29, 1.82) is 0 Å². The summed E-state index contributed by atoms with van der Waals surface area (Å²) in [5.41, 5.74) is 1.29. The summed E-state index contributed by atoms with van der Waals surface area (Å²) >= 11 is 2.31. The Labute approximate surface area is 236 Å². The van der Waals surface area contributed by atoms with Crippen molar-refractivity contribution in [3.05, 3.63) is 75.6 Å². The third-order valence-electron chi connectivity index (χ3n) is 6.00. The van der Waals surface area contributed by atoms with E-state index < -0.39 is 31.5 Å². The Kier molecular flexibility index (Phi) is 6.94. The van der Waals surface area contributed by atoms with Crippen LogP contribution < -0.4 is 9.60 Å². The number of hydrogen-bond donors (Lipinski definition) is 0. The number of pyridine rings is 1. The van der Waals surface area contributed by atoms with Crippen molar-refractivity contribution >= 4 is 74.6 Å². The van der Waals surface area contributed by atoms with Gasteiger partial charge in [-0.2, -0.15) is 9.98 Å². The van der Waals surface area contributed by atoms with Crippen molar-refractivity contribution in [2.45, 2.75) is 9.79 Å². The summed E-state index contributed by atoms with van der Waals surface area (Å²) in [4.78, 5) is 39.4. The largest absolute Gasteiger partial charge is 0.319 e. The zero-order chi connectivity index (χ0) is 29.0. The van der Waals surface area contributed by atoms with E-state index in [4.69, 9.17) is 0 Å². The second-order valence-electron chi connectivity index (χ2n) is 8.93. The third-order valence-corrected chi connectivity index (χ3v) is 10.4. The van der Waals surface area contributed by atoms with Gasteiger partial charge in [0.1, 0.15) is 11.4 Å². The minimum Gasteiger partial charge on any atom is -0.319 e. The molecule has 0 unspecified atom stereocenters. The Hall–Kier alpha value is -3.79. The first-order valence-electron chi connectivity index (χ1n) is 11.5. The van der Waals surface area contributed by atoms with Crippen LogP contribution in [0.3, 0.4) is 0 Å². The topological polar surface area (TPSA) is 150 Å². The molecule has 40 heavy (non-hydrogen) atoms. The predicted molar refractivity (Wildman–Crippen MR) is 152 cm³/mol. The fourth-order valence-electron chi connectivity index (χ4n) is 3.86. The van der Waals surface area contributed by atoms with Gasteiger partial charge >= 0.3 is 0 Å². The Morgan fingerprint density at radius 3 is 1.48 bits per heavy atom. The van der Waals surface area contributed by atoms with Crippen LogP contribution in [0.5, 0.6) is 0 Å². The average molecular weight is 616 g/mol. The molecule has 0 N–H and O–H groups in total. The highest BCUT2D eigenvalue weighted by Gasteiger charge is 2.15. The zero-order valence-corrected chi connectivity index (χ0v) is 24.8. The lowest BCUT2D eigenvalue weighted by Crippen LogP contribution is -2.16. The summed E-state index contributed by atoms with van der Waals surface area (Å²) in [6.07, 6.45) is 2.25. The highest BCUT2D eigenvalue weighted by atomic mass is 32.2. The SMILES string of the molecule is Cn1c(=NC(=O)c2cccc(C(=O)N=c3sc4cc(S(C)(=O)=O)ccc4n3C)n2)sc2cc(S(C)(=O)=O)ccc21. The van der Waals surface area contributed by atoms with E-state index in [1.54, 1.807) is 35.4 Å². The molecule has 3 heterocycles. The molecule has 0 atom stereocenters. The first-order valence-corrected chi connectivity index (χ1v) is 16.9. The molecule has 5 rings (SSSR count). The predicted octanol–water partition coefficient (Wildman–Crippen LogP) is 2.48. The molecule has 3 aromatic heterocycles. The number of aryl methyl sites for hydroxylation is 2. The molecule has 0 bridgehead atoms. The Morgan fingerprint density at radius 1 is 0.700 bits per heavy atom. The minimum atomic E-state index is -3.39. The fraction of sp³-hybridized carbons (Fsp3) is 0.160. The van der Waals surface area contributed by atoms with Gasteiger partial charge in [-0.1, -0.05) is 28.7 Å². The van der Waals surface area contributed by atoms with Crippen molar-refractivity contribution < 1.29 is 26.4 Å². The van der Waals surface area contributed by atoms with Gasteiger partial charge in [-0.25, -0.2) is 21.8 Å². The van der Waals surface area contributed by atoms with E-state index in [1.165, 1.54) is 42.5 Å². The lowest BCUT2D eigenvalue weighted by atomic mass is 10.3. The quantitative estimate of drug-likeness (QED) is 0.301. The minimum absolute atomic E-state index is 0.0613. The molecule has 206 valence electrons. The second kappa shape index (κ2) is 9.99. The fourth-order valence-corrected chi connectivity index (χ4v) is 7.42. The Bertz CT molecular complexity index is 2080. The van der Waals surface area contributed by atoms with Crippen LogP contribution in [0.4, 0.5) is 0 Å². The maximum Gasteiger partial charge on any atom is 0.298 e. The molecule has 2 aromatic carbocycles. The lowest BCUT2D eigenvalue weighted by molar-refractivity contribution is 0.0989. The average Bonchev–Trinajstić information content (AvgIpc) is 3.37. The van der Waals surface area contributed by atoms with Crippen LogP contribution in [0.15, 0.2) is 74.4 Å². The van der Waals surface area contributed by atoms with E-state index in [1.807, 2.05) is 0 Å². The maximum atomic E-state index is 13.0. The summed E-state index contributed by atoms with van der Waals surface area (Å²) in [7, 11) is -3.37. The normalized spacial score (nSPS) is 13.4. The number of benzene rings is 2. The van der Waals surface area contributed by atoms with Gasteiger partial charge in [-0.15, -0.1) is 0 Å². The van der Waals surface area contributed by atoms with E-state index >= 15 is 0 Å². The monoisotopic (exact) mass is 615 g/mol. The van der Waals surface area contributed by atoms with Gasteiger partial charge in [0.05, 0.1) is 30.2 Å². The van der Waals surface area contributed by atoms with Crippen LogP contribution in [-0.2, 0) is 33.8 Å². The van der Waals surface area contributed by atoms with E-state index in [0.29, 0.717) is 30.0 Å². The second-order valence-corrected chi connectivity index (χ2v) is 15.0. The highest BCUT2D eigenvalue weighted by molar-refractivity contribution is 7.91. The van der Waals surface area contributed by atoms with Crippen LogP contribution in [0.2, 0.25) is 0 Å². The first kappa shape index (κ1) is 27.8. The van der Waals surface area contributed by atoms with Crippen molar-refractivity contribution in [3.63, 3.8) is 0 Å². The van der Waals surface area contributed by atoms with Crippen LogP contribution >= 0.6 is 22.7 Å². The Morgan fingerprint density at radius 2 is 1.10 bits per heavy atom. The smallest absolute Gasteiger partial charge is 0.298 e. The lowest BCUT2D eigenvalue weighted by Gasteiger charge is -2.00. The van der Waals surface area contributed by atoms with Crippen molar-refractivity contribution in [1.82, 2.24) is 14.1 Å². The van der Waals surface area contributed by atoms with Gasteiger partial charge in [0.25, 0.3) is 11.8 Å². The van der Waals surface area contributed by atoms with E-state index in [0.717, 1.165) is 35.2 Å². The van der Waals surface area contributed by atoms with E-state index in [-0.39, 0.29) is 21.2 Å². The maximum absolute atomic E-state index is 13.0. The van der Waals surface area contributed by atoms with Crippen molar-refractivity contribution in [2.24, 2.45) is 24.1 Å². The molecule has 0 aliphatic carbocycles. The molecule has 5 aromatic rings. The molecule has 0 spiro atoms. The molecule has 0 aliphatic heterocycles. The molecule has 15 heteroatoms. The number of fused-ring (bicyclic) bond motifs is 2. The standard InChI is InChI=1S/C25H21N5O6S4/c1-29-18-10-8-14(39(3,33)34)12-20(18)37-24(29)27-22(31)16-6-5-7-17(26-16)23(32)28-25-30(2)19-11-9-15(40(4,35)36)13-21(19)38-25/h5-13H,1-4H3. The van der Waals surface area contributed by atoms with Gasteiger partial charge in [0.15, 0.2) is 29.3 Å². The summed E-state index contributed by atoms with van der Waals surface area (Å²) in [5, 5.41) is 0. The van der Waals surface area contributed by atoms with Gasteiger partial charge < -0.3 is 9.13 Å². The number of amides is 2. The number of sulfone groups is 2. The van der Waals surface area contributed by atoms with Gasteiger partial charge in [-0.05, 0) is 48.5 Å². The molecular weight excluding hydrogens is 595 g/mol. The summed E-state index contributed by atoms with van der Waals surface area (Å²) < 4.78 is 52.2. The molecule has 11 nitrogen and oxygen atoms in total. The van der Waals surface area contributed by atoms with Crippen molar-refractivity contribution in [3.8, 4) is 0 Å². The summed E-state index contributed by atoms with van der Waals surface area (Å²) in [6.45, 7) is 0. The molecular formula is C25H21N5O6S4. The molecule has 0 aliphatic rings. The molecule has 0 fully saturated rings.